The number of rotatable bonds is 8. The minimum atomic E-state index is 0.275. The Hall–Kier alpha value is -0.120. The van der Waals surface area contributed by atoms with Gasteiger partial charge in [-0.25, -0.2) is 0 Å². The van der Waals surface area contributed by atoms with Crippen molar-refractivity contribution in [3.63, 3.8) is 0 Å². The monoisotopic (exact) mass is 269 g/mol. The van der Waals surface area contributed by atoms with Crippen LogP contribution in [0.4, 0.5) is 0 Å². The fraction of sp³-hybridized carbons (Fsp3) is 1.00. The lowest BCUT2D eigenvalue weighted by atomic mass is 10.1. The van der Waals surface area contributed by atoms with Crippen LogP contribution in [0.2, 0.25) is 0 Å². The van der Waals surface area contributed by atoms with E-state index in [1.165, 1.54) is 51.7 Å². The number of unbranched alkanes of at least 4 members (excludes halogenated alkanes) is 3. The van der Waals surface area contributed by atoms with Gasteiger partial charge in [-0.2, -0.15) is 0 Å². The smallest absolute Gasteiger partial charge is 0.0229 e. The van der Waals surface area contributed by atoms with Crippen LogP contribution in [0.25, 0.3) is 0 Å². The maximum Gasteiger partial charge on any atom is 0.0229 e. The second-order valence-corrected chi connectivity index (χ2v) is 7.30. The molecule has 0 spiro atoms. The molecule has 19 heavy (non-hydrogen) atoms. The lowest BCUT2D eigenvalue weighted by Gasteiger charge is -2.21. The highest BCUT2D eigenvalue weighted by Gasteiger charge is 2.22. The van der Waals surface area contributed by atoms with Gasteiger partial charge in [0.15, 0.2) is 0 Å². The van der Waals surface area contributed by atoms with E-state index in [-0.39, 0.29) is 5.54 Å². The summed E-state index contributed by atoms with van der Waals surface area (Å²) in [6, 6.07) is 0.788. The number of nitrogens with zero attached hydrogens (tertiary/aromatic N) is 2. The molecule has 3 nitrogen and oxygen atoms in total. The van der Waals surface area contributed by atoms with Crippen LogP contribution >= 0.6 is 0 Å². The third kappa shape index (κ3) is 7.91. The van der Waals surface area contributed by atoms with E-state index in [4.69, 9.17) is 0 Å². The van der Waals surface area contributed by atoms with Gasteiger partial charge in [0.1, 0.15) is 0 Å². The van der Waals surface area contributed by atoms with Gasteiger partial charge in [-0.1, -0.05) is 12.8 Å². The van der Waals surface area contributed by atoms with E-state index in [2.05, 4.69) is 50.0 Å². The number of likely N-dealkylation sites (N-methyl/N-ethyl adjacent to an activating group) is 1. The zero-order valence-corrected chi connectivity index (χ0v) is 13.8. The Morgan fingerprint density at radius 1 is 1.11 bits per heavy atom. The topological polar surface area (TPSA) is 18.5 Å². The molecule has 0 aromatic rings. The Labute approximate surface area is 120 Å². The molecule has 0 aromatic heterocycles. The zero-order valence-electron chi connectivity index (χ0n) is 13.8. The van der Waals surface area contributed by atoms with Crippen LogP contribution in [-0.2, 0) is 0 Å². The van der Waals surface area contributed by atoms with Gasteiger partial charge in [0.25, 0.3) is 0 Å². The summed E-state index contributed by atoms with van der Waals surface area (Å²) >= 11 is 0. The van der Waals surface area contributed by atoms with E-state index >= 15 is 0 Å². The van der Waals surface area contributed by atoms with Crippen LogP contribution in [0.15, 0.2) is 0 Å². The highest BCUT2D eigenvalue weighted by atomic mass is 15.2. The molecular formula is C16H35N3. The number of hydrogen-bond donors (Lipinski definition) is 1. The largest absolute Gasteiger partial charge is 0.312 e. The van der Waals surface area contributed by atoms with Crippen LogP contribution < -0.4 is 5.32 Å². The van der Waals surface area contributed by atoms with E-state index in [9.17, 15) is 0 Å². The molecule has 0 saturated carbocycles. The molecule has 114 valence electrons. The molecular weight excluding hydrogens is 234 g/mol. The molecule has 0 aliphatic carbocycles. The highest BCUT2D eigenvalue weighted by Crippen LogP contribution is 2.14. The molecule has 1 atom stereocenters. The second-order valence-electron chi connectivity index (χ2n) is 7.30. The van der Waals surface area contributed by atoms with Crippen molar-refractivity contribution in [3.05, 3.63) is 0 Å². The Balaban J connectivity index is 1.92. The van der Waals surface area contributed by atoms with Crippen molar-refractivity contribution >= 4 is 0 Å². The number of hydrogen-bond acceptors (Lipinski definition) is 3. The van der Waals surface area contributed by atoms with E-state index in [0.717, 1.165) is 12.6 Å². The SMILES string of the molecule is CN(C)C1CCN(CCCCCCNC(C)(C)C)C1. The van der Waals surface area contributed by atoms with Crippen molar-refractivity contribution < 1.29 is 0 Å². The van der Waals surface area contributed by atoms with Gasteiger partial charge in [0, 0.05) is 18.1 Å². The molecule has 0 radical (unpaired) electrons. The van der Waals surface area contributed by atoms with Crippen molar-refractivity contribution in [2.75, 3.05) is 40.3 Å². The maximum atomic E-state index is 3.56. The van der Waals surface area contributed by atoms with Gasteiger partial charge in [0.2, 0.25) is 0 Å². The molecule has 1 aliphatic heterocycles. The molecule has 1 fully saturated rings. The summed E-state index contributed by atoms with van der Waals surface area (Å²) in [5.41, 5.74) is 0.275. The van der Waals surface area contributed by atoms with Gasteiger partial charge in [-0.3, -0.25) is 0 Å². The van der Waals surface area contributed by atoms with Crippen LogP contribution in [0.1, 0.15) is 52.9 Å². The molecule has 0 bridgehead atoms. The average Bonchev–Trinajstić information content (AvgIpc) is 2.75. The van der Waals surface area contributed by atoms with E-state index in [1.54, 1.807) is 0 Å². The molecule has 3 heteroatoms. The van der Waals surface area contributed by atoms with Crippen molar-refractivity contribution in [1.82, 2.24) is 15.1 Å². The van der Waals surface area contributed by atoms with Crippen molar-refractivity contribution in [1.29, 1.82) is 0 Å². The Morgan fingerprint density at radius 2 is 1.79 bits per heavy atom. The highest BCUT2D eigenvalue weighted by molar-refractivity contribution is 4.80. The fourth-order valence-corrected chi connectivity index (χ4v) is 2.71. The standard InChI is InChI=1S/C16H35N3/c1-16(2,3)17-11-8-6-7-9-12-19-13-10-15(14-19)18(4)5/h15,17H,6-14H2,1-5H3. The van der Waals surface area contributed by atoms with E-state index in [0.29, 0.717) is 0 Å². The second kappa shape index (κ2) is 8.23. The molecule has 1 unspecified atom stereocenters. The summed E-state index contributed by atoms with van der Waals surface area (Å²) in [4.78, 5) is 5.01. The summed E-state index contributed by atoms with van der Waals surface area (Å²) in [6.07, 6.45) is 6.79. The quantitative estimate of drug-likeness (QED) is 0.683. The minimum Gasteiger partial charge on any atom is -0.312 e. The minimum absolute atomic E-state index is 0.275. The predicted octanol–water partition coefficient (Wildman–Crippen LogP) is 2.57. The Morgan fingerprint density at radius 3 is 2.37 bits per heavy atom. The van der Waals surface area contributed by atoms with Crippen LogP contribution in [0.5, 0.6) is 0 Å². The molecule has 0 aromatic carbocycles. The Kier molecular flexibility index (Phi) is 7.33. The summed E-state index contributed by atoms with van der Waals surface area (Å²) in [5, 5.41) is 3.56. The lowest BCUT2D eigenvalue weighted by molar-refractivity contribution is 0.265. The van der Waals surface area contributed by atoms with Crippen LogP contribution in [0, 0.1) is 0 Å². The lowest BCUT2D eigenvalue weighted by Crippen LogP contribution is -2.36. The normalized spacial score (nSPS) is 21.5. The first-order valence-electron chi connectivity index (χ1n) is 8.02. The van der Waals surface area contributed by atoms with Crippen molar-refractivity contribution in [2.24, 2.45) is 0 Å². The summed E-state index contributed by atoms with van der Waals surface area (Å²) < 4.78 is 0. The first-order chi connectivity index (χ1) is 8.88. The Bertz CT molecular complexity index is 233. The third-order valence-corrected chi connectivity index (χ3v) is 4.03. The number of likely N-dealkylation sites (tertiary alicyclic amines) is 1. The van der Waals surface area contributed by atoms with E-state index in [1.807, 2.05) is 0 Å². The molecule has 0 amide bonds. The first-order valence-corrected chi connectivity index (χ1v) is 8.02. The molecule has 1 saturated heterocycles. The fourth-order valence-electron chi connectivity index (χ4n) is 2.71. The molecule has 1 aliphatic rings. The molecule has 1 heterocycles. The van der Waals surface area contributed by atoms with Gasteiger partial charge >= 0.3 is 0 Å². The zero-order chi connectivity index (χ0) is 14.3. The third-order valence-electron chi connectivity index (χ3n) is 4.03. The van der Waals surface area contributed by atoms with Gasteiger partial charge in [0.05, 0.1) is 0 Å². The average molecular weight is 269 g/mol. The van der Waals surface area contributed by atoms with Crippen LogP contribution in [-0.4, -0.2) is 61.7 Å². The van der Waals surface area contributed by atoms with Gasteiger partial charge < -0.3 is 15.1 Å². The summed E-state index contributed by atoms with van der Waals surface area (Å²) in [6.45, 7) is 11.8. The summed E-state index contributed by atoms with van der Waals surface area (Å²) in [7, 11) is 4.41. The van der Waals surface area contributed by atoms with Gasteiger partial charge in [-0.05, 0) is 73.8 Å². The van der Waals surface area contributed by atoms with E-state index < -0.39 is 0 Å². The molecule has 1 rings (SSSR count). The molecule has 1 N–H and O–H groups in total. The maximum absolute atomic E-state index is 3.56. The predicted molar refractivity (Wildman–Crippen MR) is 84.8 cm³/mol. The summed E-state index contributed by atoms with van der Waals surface area (Å²) in [5.74, 6) is 0. The van der Waals surface area contributed by atoms with Gasteiger partial charge in [-0.15, -0.1) is 0 Å². The van der Waals surface area contributed by atoms with Crippen molar-refractivity contribution in [3.8, 4) is 0 Å². The number of nitrogens with one attached hydrogen (secondary N) is 1. The van der Waals surface area contributed by atoms with Crippen molar-refractivity contribution in [2.45, 2.75) is 64.5 Å². The van der Waals surface area contributed by atoms with Crippen LogP contribution in [0.3, 0.4) is 0 Å². The first kappa shape index (κ1) is 16.9.